The second-order valence-electron chi connectivity index (χ2n) is 4.05. The van der Waals surface area contributed by atoms with E-state index in [-0.39, 0.29) is 4.90 Å². The summed E-state index contributed by atoms with van der Waals surface area (Å²) in [4.78, 5) is 4.14. The standard InChI is InChI=1S/C13H12N4O2S/c14-8-11-2-1-7-16-13(11)17-9-10-3-5-12(6-4-10)20(15,18)19/h1-7H,9H2,(H,16,17)(H2,15,18,19). The van der Waals surface area contributed by atoms with E-state index < -0.39 is 10.0 Å². The Bertz CT molecular complexity index is 749. The highest BCUT2D eigenvalue weighted by molar-refractivity contribution is 7.89. The number of nitriles is 1. The maximum Gasteiger partial charge on any atom is 0.238 e. The highest BCUT2D eigenvalue weighted by atomic mass is 32.2. The Kier molecular flexibility index (Phi) is 3.98. The van der Waals surface area contributed by atoms with E-state index >= 15 is 0 Å². The molecular weight excluding hydrogens is 276 g/mol. The molecule has 1 aromatic carbocycles. The van der Waals surface area contributed by atoms with Gasteiger partial charge in [-0.25, -0.2) is 18.5 Å². The molecule has 0 aliphatic rings. The number of hydrogen-bond donors (Lipinski definition) is 2. The minimum Gasteiger partial charge on any atom is -0.365 e. The van der Waals surface area contributed by atoms with Crippen LogP contribution < -0.4 is 10.5 Å². The zero-order valence-electron chi connectivity index (χ0n) is 10.4. The summed E-state index contributed by atoms with van der Waals surface area (Å²) in [6.45, 7) is 0.427. The average molecular weight is 288 g/mol. The quantitative estimate of drug-likeness (QED) is 0.879. The van der Waals surface area contributed by atoms with Crippen molar-refractivity contribution in [3.63, 3.8) is 0 Å². The molecule has 6 nitrogen and oxygen atoms in total. The molecule has 0 bridgehead atoms. The van der Waals surface area contributed by atoms with E-state index in [0.29, 0.717) is 17.9 Å². The lowest BCUT2D eigenvalue weighted by Gasteiger charge is -2.07. The molecule has 20 heavy (non-hydrogen) atoms. The van der Waals surface area contributed by atoms with E-state index in [1.54, 1.807) is 30.5 Å². The summed E-state index contributed by atoms with van der Waals surface area (Å²) in [5.74, 6) is 0.491. The molecule has 0 atom stereocenters. The summed E-state index contributed by atoms with van der Waals surface area (Å²) in [6.07, 6.45) is 1.59. The number of nitrogens with one attached hydrogen (secondary N) is 1. The van der Waals surface area contributed by atoms with Crippen molar-refractivity contribution in [2.75, 3.05) is 5.32 Å². The van der Waals surface area contributed by atoms with E-state index in [9.17, 15) is 8.42 Å². The average Bonchev–Trinajstić information content (AvgIpc) is 2.45. The molecule has 0 fully saturated rings. The Labute approximate surface area is 116 Å². The number of nitrogens with two attached hydrogens (primary N) is 1. The molecule has 0 aliphatic carbocycles. The summed E-state index contributed by atoms with van der Waals surface area (Å²) in [6, 6.07) is 11.6. The van der Waals surface area contributed by atoms with E-state index in [1.165, 1.54) is 12.1 Å². The van der Waals surface area contributed by atoms with E-state index in [1.807, 2.05) is 6.07 Å². The molecule has 0 saturated carbocycles. The van der Waals surface area contributed by atoms with Gasteiger partial charge in [-0.2, -0.15) is 5.26 Å². The number of benzene rings is 1. The Morgan fingerprint density at radius 2 is 1.95 bits per heavy atom. The van der Waals surface area contributed by atoms with Gasteiger partial charge in [-0.3, -0.25) is 0 Å². The molecule has 0 unspecified atom stereocenters. The molecule has 2 aromatic rings. The number of anilines is 1. The lowest BCUT2D eigenvalue weighted by molar-refractivity contribution is 0.598. The smallest absolute Gasteiger partial charge is 0.238 e. The third kappa shape index (κ3) is 3.32. The van der Waals surface area contributed by atoms with Gasteiger partial charge in [0.2, 0.25) is 10.0 Å². The van der Waals surface area contributed by atoms with Crippen LogP contribution in [-0.2, 0) is 16.6 Å². The summed E-state index contributed by atoms with van der Waals surface area (Å²) in [7, 11) is -3.67. The van der Waals surface area contributed by atoms with Gasteiger partial charge in [0.25, 0.3) is 0 Å². The zero-order chi connectivity index (χ0) is 14.6. The number of primary sulfonamides is 1. The van der Waals surface area contributed by atoms with Gasteiger partial charge in [-0.15, -0.1) is 0 Å². The number of aromatic nitrogens is 1. The molecule has 0 radical (unpaired) electrons. The fraction of sp³-hybridized carbons (Fsp3) is 0.0769. The van der Waals surface area contributed by atoms with Crippen LogP contribution in [0.5, 0.6) is 0 Å². The fourth-order valence-electron chi connectivity index (χ4n) is 1.62. The minimum atomic E-state index is -3.67. The third-order valence-corrected chi connectivity index (χ3v) is 3.57. The van der Waals surface area contributed by atoms with Crippen molar-refractivity contribution in [1.29, 1.82) is 5.26 Å². The largest absolute Gasteiger partial charge is 0.365 e. The highest BCUT2D eigenvalue weighted by Crippen LogP contribution is 2.13. The lowest BCUT2D eigenvalue weighted by atomic mass is 10.2. The van der Waals surface area contributed by atoms with Crippen molar-refractivity contribution < 1.29 is 8.42 Å². The molecule has 1 aromatic heterocycles. The van der Waals surface area contributed by atoms with Crippen LogP contribution in [0.1, 0.15) is 11.1 Å². The Morgan fingerprint density at radius 3 is 2.55 bits per heavy atom. The Morgan fingerprint density at radius 1 is 1.25 bits per heavy atom. The number of rotatable bonds is 4. The first-order valence-electron chi connectivity index (χ1n) is 5.71. The normalized spacial score (nSPS) is 10.8. The van der Waals surface area contributed by atoms with Crippen molar-refractivity contribution in [2.24, 2.45) is 5.14 Å². The van der Waals surface area contributed by atoms with Crippen LogP contribution in [0.2, 0.25) is 0 Å². The fourth-order valence-corrected chi connectivity index (χ4v) is 2.13. The molecule has 3 N–H and O–H groups in total. The number of nitrogens with zero attached hydrogens (tertiary/aromatic N) is 2. The number of hydrogen-bond acceptors (Lipinski definition) is 5. The van der Waals surface area contributed by atoms with Crippen molar-refractivity contribution in [2.45, 2.75) is 11.4 Å². The van der Waals surface area contributed by atoms with Gasteiger partial charge in [0.1, 0.15) is 11.9 Å². The van der Waals surface area contributed by atoms with Crippen molar-refractivity contribution in [3.8, 4) is 6.07 Å². The molecule has 102 valence electrons. The Balaban J connectivity index is 2.10. The van der Waals surface area contributed by atoms with Crippen LogP contribution in [-0.4, -0.2) is 13.4 Å². The first-order chi connectivity index (χ1) is 9.50. The topological polar surface area (TPSA) is 109 Å². The van der Waals surface area contributed by atoms with E-state index in [4.69, 9.17) is 10.4 Å². The van der Waals surface area contributed by atoms with Gasteiger partial charge in [-0.05, 0) is 29.8 Å². The molecule has 1 heterocycles. The maximum atomic E-state index is 11.1. The molecular formula is C13H12N4O2S. The summed E-state index contributed by atoms with van der Waals surface area (Å²) >= 11 is 0. The molecule has 0 saturated heterocycles. The second-order valence-corrected chi connectivity index (χ2v) is 5.62. The maximum absolute atomic E-state index is 11.1. The summed E-state index contributed by atoms with van der Waals surface area (Å²) in [5, 5.41) is 17.0. The molecule has 2 rings (SSSR count). The SMILES string of the molecule is N#Cc1cccnc1NCc1ccc(S(N)(=O)=O)cc1. The van der Waals surface area contributed by atoms with Gasteiger partial charge in [-0.1, -0.05) is 12.1 Å². The summed E-state index contributed by atoms with van der Waals surface area (Å²) in [5.41, 5.74) is 1.31. The van der Waals surface area contributed by atoms with Crippen LogP contribution in [0, 0.1) is 11.3 Å². The number of pyridine rings is 1. The van der Waals surface area contributed by atoms with Crippen LogP contribution in [0.3, 0.4) is 0 Å². The predicted octanol–water partition coefficient (Wildman–Crippen LogP) is 1.21. The lowest BCUT2D eigenvalue weighted by Crippen LogP contribution is -2.12. The third-order valence-electron chi connectivity index (χ3n) is 2.64. The van der Waals surface area contributed by atoms with Gasteiger partial charge in [0, 0.05) is 12.7 Å². The minimum absolute atomic E-state index is 0.0665. The second kappa shape index (κ2) is 5.69. The Hall–Kier alpha value is -2.43. The van der Waals surface area contributed by atoms with Crippen molar-refractivity contribution in [3.05, 3.63) is 53.7 Å². The first-order valence-corrected chi connectivity index (χ1v) is 7.26. The molecule has 0 aliphatic heterocycles. The van der Waals surface area contributed by atoms with Crippen LogP contribution in [0.4, 0.5) is 5.82 Å². The highest BCUT2D eigenvalue weighted by Gasteiger charge is 2.07. The van der Waals surface area contributed by atoms with Crippen LogP contribution in [0.25, 0.3) is 0 Å². The first kappa shape index (κ1) is 14.0. The van der Waals surface area contributed by atoms with Crippen molar-refractivity contribution >= 4 is 15.8 Å². The zero-order valence-corrected chi connectivity index (χ0v) is 11.3. The van der Waals surface area contributed by atoms with Gasteiger partial charge < -0.3 is 5.32 Å². The van der Waals surface area contributed by atoms with E-state index in [2.05, 4.69) is 10.3 Å². The van der Waals surface area contributed by atoms with Crippen LogP contribution in [0.15, 0.2) is 47.5 Å². The van der Waals surface area contributed by atoms with Crippen LogP contribution >= 0.6 is 0 Å². The van der Waals surface area contributed by atoms with E-state index in [0.717, 1.165) is 5.56 Å². The number of sulfonamides is 1. The van der Waals surface area contributed by atoms with Crippen molar-refractivity contribution in [1.82, 2.24) is 4.98 Å². The van der Waals surface area contributed by atoms with Gasteiger partial charge >= 0.3 is 0 Å². The van der Waals surface area contributed by atoms with Gasteiger partial charge in [0.05, 0.1) is 10.5 Å². The summed E-state index contributed by atoms with van der Waals surface area (Å²) < 4.78 is 22.2. The predicted molar refractivity (Wildman–Crippen MR) is 74.1 cm³/mol. The molecule has 0 amide bonds. The monoisotopic (exact) mass is 288 g/mol. The molecule has 7 heteroatoms. The van der Waals surface area contributed by atoms with Gasteiger partial charge in [0.15, 0.2) is 0 Å². The molecule has 0 spiro atoms.